The zero-order chi connectivity index (χ0) is 20.6. The highest BCUT2D eigenvalue weighted by molar-refractivity contribution is 5.79. The first-order valence-corrected chi connectivity index (χ1v) is 10.3. The van der Waals surface area contributed by atoms with Crippen LogP contribution in [0.5, 0.6) is 11.5 Å². The normalized spacial score (nSPS) is 19.8. The van der Waals surface area contributed by atoms with Crippen molar-refractivity contribution in [3.63, 3.8) is 0 Å². The van der Waals surface area contributed by atoms with Gasteiger partial charge in [-0.25, -0.2) is 0 Å². The number of amides is 1. The SMILES string of the molecule is CC(C)CNC(=O)[C@@H]1C[C@H](COc2cccnc2)CN(Cc2ccc(O)cc2)C1. The van der Waals surface area contributed by atoms with Crippen LogP contribution in [0, 0.1) is 17.8 Å². The Morgan fingerprint density at radius 2 is 2.07 bits per heavy atom. The molecule has 3 rings (SSSR count). The van der Waals surface area contributed by atoms with Gasteiger partial charge in [-0.3, -0.25) is 14.7 Å². The number of hydrogen-bond acceptors (Lipinski definition) is 5. The standard InChI is InChI=1S/C23H31N3O3/c1-17(2)11-25-23(28)20-10-19(16-29-22-4-3-9-24-12-22)14-26(15-20)13-18-5-7-21(27)8-6-18/h3-9,12,17,19-20,27H,10-11,13-16H2,1-2H3,(H,25,28)/t19-,20+/m0/s1. The summed E-state index contributed by atoms with van der Waals surface area (Å²) in [5, 5.41) is 12.6. The highest BCUT2D eigenvalue weighted by atomic mass is 16.5. The number of pyridine rings is 1. The molecular weight excluding hydrogens is 366 g/mol. The third-order valence-corrected chi connectivity index (χ3v) is 5.13. The first kappa shape index (κ1) is 21.1. The molecule has 1 aliphatic rings. The van der Waals surface area contributed by atoms with Gasteiger partial charge < -0.3 is 15.2 Å². The van der Waals surface area contributed by atoms with E-state index < -0.39 is 0 Å². The number of aromatic nitrogens is 1. The second kappa shape index (κ2) is 10.3. The number of benzene rings is 1. The molecule has 2 N–H and O–H groups in total. The smallest absolute Gasteiger partial charge is 0.224 e. The topological polar surface area (TPSA) is 74.7 Å². The predicted octanol–water partition coefficient (Wildman–Crippen LogP) is 3.08. The largest absolute Gasteiger partial charge is 0.508 e. The van der Waals surface area contributed by atoms with Crippen LogP contribution in [0.4, 0.5) is 0 Å². The van der Waals surface area contributed by atoms with Gasteiger partial charge in [-0.05, 0) is 42.2 Å². The molecule has 1 aromatic heterocycles. The number of nitrogens with one attached hydrogen (secondary N) is 1. The fourth-order valence-electron chi connectivity index (χ4n) is 3.70. The number of carbonyl (C=O) groups excluding carboxylic acids is 1. The van der Waals surface area contributed by atoms with E-state index in [0.717, 1.165) is 37.4 Å². The highest BCUT2D eigenvalue weighted by Gasteiger charge is 2.32. The number of likely N-dealkylation sites (tertiary alicyclic amines) is 1. The Morgan fingerprint density at radius 3 is 2.76 bits per heavy atom. The Bertz CT molecular complexity index is 765. The second-order valence-corrected chi connectivity index (χ2v) is 8.30. The van der Waals surface area contributed by atoms with Crippen molar-refractivity contribution in [1.29, 1.82) is 0 Å². The summed E-state index contributed by atoms with van der Waals surface area (Å²) in [5.74, 6) is 1.78. The molecule has 0 spiro atoms. The molecule has 2 atom stereocenters. The Balaban J connectivity index is 1.64. The van der Waals surface area contributed by atoms with Crippen molar-refractivity contribution in [3.05, 3.63) is 54.4 Å². The molecule has 6 nitrogen and oxygen atoms in total. The number of piperidine rings is 1. The number of phenols is 1. The maximum absolute atomic E-state index is 12.7. The first-order valence-electron chi connectivity index (χ1n) is 10.3. The predicted molar refractivity (Wildman–Crippen MR) is 113 cm³/mol. The van der Waals surface area contributed by atoms with Crippen LogP contribution < -0.4 is 10.1 Å². The van der Waals surface area contributed by atoms with Crippen LogP contribution in [0.1, 0.15) is 25.8 Å². The Hall–Kier alpha value is -2.60. The molecule has 0 unspecified atom stereocenters. The average molecular weight is 398 g/mol. The Morgan fingerprint density at radius 1 is 1.28 bits per heavy atom. The molecule has 0 aliphatic carbocycles. The van der Waals surface area contributed by atoms with E-state index in [0.29, 0.717) is 19.1 Å². The Kier molecular flexibility index (Phi) is 7.47. The van der Waals surface area contributed by atoms with Crippen molar-refractivity contribution in [2.75, 3.05) is 26.2 Å². The van der Waals surface area contributed by atoms with Gasteiger partial charge in [-0.2, -0.15) is 0 Å². The first-order chi connectivity index (χ1) is 14.0. The van der Waals surface area contributed by atoms with E-state index in [2.05, 4.69) is 29.0 Å². The number of rotatable bonds is 8. The average Bonchev–Trinajstić information content (AvgIpc) is 2.73. The maximum Gasteiger partial charge on any atom is 0.224 e. The van der Waals surface area contributed by atoms with Crippen molar-refractivity contribution in [2.45, 2.75) is 26.8 Å². The van der Waals surface area contributed by atoms with Gasteiger partial charge in [0.25, 0.3) is 0 Å². The fraction of sp³-hybridized carbons (Fsp3) is 0.478. The van der Waals surface area contributed by atoms with E-state index in [1.807, 2.05) is 24.3 Å². The summed E-state index contributed by atoms with van der Waals surface area (Å²) in [6, 6.07) is 11.0. The molecule has 1 fully saturated rings. The number of hydrogen-bond donors (Lipinski definition) is 2. The maximum atomic E-state index is 12.7. The molecule has 2 aromatic rings. The summed E-state index contributed by atoms with van der Waals surface area (Å²) < 4.78 is 5.93. The minimum atomic E-state index is -0.0536. The minimum Gasteiger partial charge on any atom is -0.508 e. The number of ether oxygens (including phenoxy) is 1. The van der Waals surface area contributed by atoms with Crippen LogP contribution >= 0.6 is 0 Å². The van der Waals surface area contributed by atoms with Crippen molar-refractivity contribution in [2.24, 2.45) is 17.8 Å². The van der Waals surface area contributed by atoms with Gasteiger partial charge in [0, 0.05) is 38.3 Å². The number of nitrogens with zero attached hydrogens (tertiary/aromatic N) is 2. The molecule has 29 heavy (non-hydrogen) atoms. The van der Waals surface area contributed by atoms with Gasteiger partial charge >= 0.3 is 0 Å². The van der Waals surface area contributed by atoms with E-state index in [4.69, 9.17) is 4.74 Å². The van der Waals surface area contributed by atoms with Crippen LogP contribution in [-0.4, -0.2) is 47.1 Å². The van der Waals surface area contributed by atoms with E-state index in [1.54, 1.807) is 24.5 Å². The quantitative estimate of drug-likeness (QED) is 0.716. The minimum absolute atomic E-state index is 0.0536. The van der Waals surface area contributed by atoms with Gasteiger partial charge in [0.15, 0.2) is 0 Å². The molecule has 0 bridgehead atoms. The lowest BCUT2D eigenvalue weighted by Crippen LogP contribution is -2.47. The van der Waals surface area contributed by atoms with Crippen LogP contribution in [0.2, 0.25) is 0 Å². The van der Waals surface area contributed by atoms with Gasteiger partial charge in [0.05, 0.1) is 18.7 Å². The van der Waals surface area contributed by atoms with Gasteiger partial charge in [0.2, 0.25) is 5.91 Å². The van der Waals surface area contributed by atoms with Crippen LogP contribution in [0.15, 0.2) is 48.8 Å². The highest BCUT2D eigenvalue weighted by Crippen LogP contribution is 2.25. The summed E-state index contributed by atoms with van der Waals surface area (Å²) in [4.78, 5) is 19.1. The molecule has 2 heterocycles. The van der Waals surface area contributed by atoms with E-state index >= 15 is 0 Å². The van der Waals surface area contributed by atoms with Crippen molar-refractivity contribution in [3.8, 4) is 11.5 Å². The lowest BCUT2D eigenvalue weighted by atomic mass is 9.88. The summed E-state index contributed by atoms with van der Waals surface area (Å²) in [7, 11) is 0. The molecule has 0 saturated carbocycles. The summed E-state index contributed by atoms with van der Waals surface area (Å²) in [6.45, 7) is 7.81. The molecule has 1 saturated heterocycles. The van der Waals surface area contributed by atoms with Gasteiger partial charge in [0.1, 0.15) is 11.5 Å². The molecule has 1 amide bonds. The summed E-state index contributed by atoms with van der Waals surface area (Å²) in [6.07, 6.45) is 4.25. The second-order valence-electron chi connectivity index (χ2n) is 8.30. The summed E-state index contributed by atoms with van der Waals surface area (Å²) >= 11 is 0. The van der Waals surface area contributed by atoms with E-state index in [1.165, 1.54) is 0 Å². The lowest BCUT2D eigenvalue weighted by Gasteiger charge is -2.37. The van der Waals surface area contributed by atoms with Crippen LogP contribution in [-0.2, 0) is 11.3 Å². The molecule has 1 aliphatic heterocycles. The van der Waals surface area contributed by atoms with E-state index in [-0.39, 0.29) is 23.5 Å². The monoisotopic (exact) mass is 397 g/mol. The fourth-order valence-corrected chi connectivity index (χ4v) is 3.70. The molecule has 1 aromatic carbocycles. The van der Waals surface area contributed by atoms with Gasteiger partial charge in [-0.1, -0.05) is 26.0 Å². The van der Waals surface area contributed by atoms with Crippen molar-refractivity contribution >= 4 is 5.91 Å². The Labute approximate surface area is 172 Å². The third-order valence-electron chi connectivity index (χ3n) is 5.13. The molecular formula is C23H31N3O3. The zero-order valence-corrected chi connectivity index (χ0v) is 17.3. The zero-order valence-electron chi connectivity index (χ0n) is 17.3. The van der Waals surface area contributed by atoms with Crippen molar-refractivity contribution in [1.82, 2.24) is 15.2 Å². The molecule has 0 radical (unpaired) electrons. The third kappa shape index (κ3) is 6.75. The molecule has 156 valence electrons. The van der Waals surface area contributed by atoms with Crippen LogP contribution in [0.25, 0.3) is 0 Å². The lowest BCUT2D eigenvalue weighted by molar-refractivity contribution is -0.128. The van der Waals surface area contributed by atoms with Crippen LogP contribution in [0.3, 0.4) is 0 Å². The number of phenolic OH excluding ortho intramolecular Hbond substituents is 1. The van der Waals surface area contributed by atoms with Gasteiger partial charge in [-0.15, -0.1) is 0 Å². The molecule has 6 heteroatoms. The summed E-state index contributed by atoms with van der Waals surface area (Å²) in [5.41, 5.74) is 1.12. The number of carbonyl (C=O) groups is 1. The number of aromatic hydroxyl groups is 1. The van der Waals surface area contributed by atoms with Crippen molar-refractivity contribution < 1.29 is 14.6 Å². The van der Waals surface area contributed by atoms with E-state index in [9.17, 15) is 9.90 Å².